The Kier molecular flexibility index (Phi) is 9.30. The normalized spacial score (nSPS) is 17.8. The van der Waals surface area contributed by atoms with Crippen LogP contribution < -0.4 is 14.8 Å². The van der Waals surface area contributed by atoms with E-state index < -0.39 is 22.2 Å². The molecule has 0 aliphatic carbocycles. The van der Waals surface area contributed by atoms with Crippen LogP contribution in [0.4, 0.5) is 16.2 Å². The van der Waals surface area contributed by atoms with Crippen LogP contribution in [0.25, 0.3) is 10.8 Å². The van der Waals surface area contributed by atoms with Gasteiger partial charge in [0, 0.05) is 49.4 Å². The highest BCUT2D eigenvalue weighted by molar-refractivity contribution is 7.92. The second kappa shape index (κ2) is 13.2. The summed E-state index contributed by atoms with van der Waals surface area (Å²) in [6.07, 6.45) is 2.17. The van der Waals surface area contributed by atoms with Gasteiger partial charge in [-0.15, -0.1) is 0 Å². The summed E-state index contributed by atoms with van der Waals surface area (Å²) in [7, 11) is -0.621. The zero-order chi connectivity index (χ0) is 32.3. The number of anilines is 2. The molecule has 4 aromatic rings. The predicted molar refractivity (Wildman–Crippen MR) is 172 cm³/mol. The van der Waals surface area contributed by atoms with E-state index in [1.165, 1.54) is 22.0 Å². The highest BCUT2D eigenvalue weighted by Crippen LogP contribution is 2.30. The maximum atomic E-state index is 13.5. The molecule has 0 spiro atoms. The third kappa shape index (κ3) is 7.21. The van der Waals surface area contributed by atoms with Gasteiger partial charge < -0.3 is 29.5 Å². The number of aliphatic hydroxyl groups is 1. The molecular formula is C32H38N6O6S. The van der Waals surface area contributed by atoms with E-state index in [0.717, 1.165) is 10.8 Å². The molecule has 2 heterocycles. The van der Waals surface area contributed by atoms with E-state index in [4.69, 9.17) is 4.74 Å². The smallest absolute Gasteiger partial charge is 0.321 e. The number of carbonyl (C=O) groups excluding carboxylic acids is 2. The first kappa shape index (κ1) is 31.8. The fraction of sp³-hybridized carbons (Fsp3) is 0.344. The molecule has 1 aliphatic rings. The molecular weight excluding hydrogens is 596 g/mol. The number of likely N-dealkylation sites (N-methyl/N-ethyl adjacent to an activating group) is 1. The number of imidazole rings is 1. The molecule has 45 heavy (non-hydrogen) atoms. The maximum absolute atomic E-state index is 13.5. The number of rotatable bonds is 8. The summed E-state index contributed by atoms with van der Waals surface area (Å²) >= 11 is 0. The molecule has 3 amide bonds. The molecule has 1 aliphatic heterocycles. The Morgan fingerprint density at radius 1 is 1.18 bits per heavy atom. The van der Waals surface area contributed by atoms with E-state index in [2.05, 4.69) is 15.0 Å². The first-order chi connectivity index (χ1) is 21.4. The lowest BCUT2D eigenvalue weighted by atomic mass is 10.0. The zero-order valence-electron chi connectivity index (χ0n) is 25.7. The Morgan fingerprint density at radius 2 is 1.93 bits per heavy atom. The number of nitrogens with zero attached hydrogens (tertiary/aromatic N) is 4. The summed E-state index contributed by atoms with van der Waals surface area (Å²) in [5, 5.41) is 14.7. The third-order valence-corrected chi connectivity index (χ3v) is 9.22. The Balaban J connectivity index is 1.41. The second-order valence-electron chi connectivity index (χ2n) is 11.5. The van der Waals surface area contributed by atoms with Crippen molar-refractivity contribution in [3.63, 3.8) is 0 Å². The van der Waals surface area contributed by atoms with Gasteiger partial charge in [-0.05, 0) is 36.6 Å². The fourth-order valence-corrected chi connectivity index (χ4v) is 6.38. The van der Waals surface area contributed by atoms with E-state index in [0.29, 0.717) is 17.0 Å². The van der Waals surface area contributed by atoms with Gasteiger partial charge in [0.2, 0.25) is 5.91 Å². The quantitative estimate of drug-likeness (QED) is 0.268. The van der Waals surface area contributed by atoms with Crippen LogP contribution >= 0.6 is 0 Å². The van der Waals surface area contributed by atoms with Crippen molar-refractivity contribution < 1.29 is 27.9 Å². The number of amides is 3. The van der Waals surface area contributed by atoms with Crippen molar-refractivity contribution in [3.05, 3.63) is 78.8 Å². The molecule has 12 nitrogen and oxygen atoms in total. The van der Waals surface area contributed by atoms with Crippen LogP contribution in [0, 0.1) is 5.92 Å². The number of benzene rings is 3. The van der Waals surface area contributed by atoms with E-state index >= 15 is 0 Å². The van der Waals surface area contributed by atoms with Crippen molar-refractivity contribution in [2.24, 2.45) is 13.0 Å². The Bertz CT molecular complexity index is 1800. The van der Waals surface area contributed by atoms with E-state index in [-0.39, 0.29) is 54.7 Å². The van der Waals surface area contributed by atoms with Gasteiger partial charge in [-0.25, -0.2) is 9.78 Å². The van der Waals surface area contributed by atoms with Gasteiger partial charge in [0.1, 0.15) is 11.9 Å². The summed E-state index contributed by atoms with van der Waals surface area (Å²) in [4.78, 5) is 34.0. The van der Waals surface area contributed by atoms with Crippen molar-refractivity contribution >= 4 is 44.1 Å². The lowest BCUT2D eigenvalue weighted by Gasteiger charge is -2.34. The molecule has 238 valence electrons. The van der Waals surface area contributed by atoms with Crippen LogP contribution in [-0.4, -0.2) is 83.7 Å². The number of nitrogens with one attached hydrogen (secondary N) is 2. The van der Waals surface area contributed by atoms with Gasteiger partial charge in [0.15, 0.2) is 5.03 Å². The van der Waals surface area contributed by atoms with Crippen molar-refractivity contribution in [1.82, 2.24) is 19.4 Å². The summed E-state index contributed by atoms with van der Waals surface area (Å²) < 4.78 is 36.4. The Hall–Kier alpha value is -4.62. The highest BCUT2D eigenvalue weighted by Gasteiger charge is 2.32. The number of carbonyl (C=O) groups is 2. The summed E-state index contributed by atoms with van der Waals surface area (Å²) in [5.41, 5.74) is 1.40. The maximum Gasteiger partial charge on any atom is 0.321 e. The minimum atomic E-state index is -3.97. The number of urea groups is 1. The van der Waals surface area contributed by atoms with Crippen molar-refractivity contribution in [2.75, 3.05) is 36.8 Å². The number of aromatic nitrogens is 2. The lowest BCUT2D eigenvalue weighted by molar-refractivity contribution is -0.134. The topological polar surface area (TPSA) is 146 Å². The van der Waals surface area contributed by atoms with Crippen molar-refractivity contribution in [3.8, 4) is 5.75 Å². The van der Waals surface area contributed by atoms with Crippen LogP contribution in [0.1, 0.15) is 19.4 Å². The molecule has 5 rings (SSSR count). The molecule has 0 saturated heterocycles. The molecule has 0 unspecified atom stereocenters. The average Bonchev–Trinajstić information content (AvgIpc) is 3.48. The first-order valence-corrected chi connectivity index (χ1v) is 16.1. The van der Waals surface area contributed by atoms with Crippen LogP contribution in [0.3, 0.4) is 0 Å². The molecule has 0 radical (unpaired) electrons. The number of fused-ring (bicyclic) bond motifs is 2. The number of aryl methyl sites for hydroxylation is 1. The average molecular weight is 635 g/mol. The number of hydrogen-bond acceptors (Lipinski definition) is 7. The minimum absolute atomic E-state index is 0.0737. The van der Waals surface area contributed by atoms with E-state index in [1.807, 2.05) is 49.4 Å². The van der Waals surface area contributed by atoms with Crippen LogP contribution in [0.15, 0.2) is 78.2 Å². The number of hydrogen-bond donors (Lipinski definition) is 3. The van der Waals surface area contributed by atoms with Gasteiger partial charge >= 0.3 is 6.03 Å². The number of aliphatic hydroxyl groups excluding tert-OH is 1. The second-order valence-corrected chi connectivity index (χ2v) is 13.2. The van der Waals surface area contributed by atoms with Gasteiger partial charge in [0.05, 0.1) is 37.6 Å². The monoisotopic (exact) mass is 634 g/mol. The van der Waals surface area contributed by atoms with E-state index in [9.17, 15) is 23.1 Å². The minimum Gasteiger partial charge on any atom is -0.488 e. The molecule has 3 aromatic carbocycles. The van der Waals surface area contributed by atoms with Crippen LogP contribution in [-0.2, 0) is 28.3 Å². The lowest BCUT2D eigenvalue weighted by Crippen LogP contribution is -2.48. The van der Waals surface area contributed by atoms with E-state index in [1.54, 1.807) is 44.1 Å². The molecule has 1 aromatic heterocycles. The summed E-state index contributed by atoms with van der Waals surface area (Å²) in [6.45, 7) is 3.96. The number of sulfonamides is 1. The van der Waals surface area contributed by atoms with Gasteiger partial charge in [-0.3, -0.25) is 9.52 Å². The standard InChI is InChI=1S/C32H38N6O6S/c1-21-16-38(22(2)19-39)31(40)15-24-14-25(35-45(42,43)30-18-36(3)20-33-30)12-13-28(24)44-29(21)17-37(4)32(41)34-27-11-7-9-23-8-5-6-10-26(23)27/h5-14,18,20-22,29,35,39H,15-17,19H2,1-4H3,(H,34,41)/t21-,22+,29-/m0/s1. The van der Waals surface area contributed by atoms with Gasteiger partial charge in [-0.2, -0.15) is 8.42 Å². The molecule has 13 heteroatoms. The van der Waals surface area contributed by atoms with Crippen LogP contribution in [0.2, 0.25) is 0 Å². The van der Waals surface area contributed by atoms with Crippen LogP contribution in [0.5, 0.6) is 5.75 Å². The Labute approximate surface area is 262 Å². The zero-order valence-corrected chi connectivity index (χ0v) is 26.5. The SMILES string of the molecule is C[C@H](CO)N1C[C@H](C)[C@H](CN(C)C(=O)Nc2cccc3ccccc23)Oc2ccc(NS(=O)(=O)c3cn(C)cn3)cc2CC1=O. The van der Waals surface area contributed by atoms with Crippen molar-refractivity contribution in [1.29, 1.82) is 0 Å². The number of ether oxygens (including phenoxy) is 1. The fourth-order valence-electron chi connectivity index (χ4n) is 5.34. The molecule has 3 N–H and O–H groups in total. The molecule has 0 saturated carbocycles. The largest absolute Gasteiger partial charge is 0.488 e. The summed E-state index contributed by atoms with van der Waals surface area (Å²) in [6, 6.07) is 17.5. The Morgan fingerprint density at radius 3 is 2.67 bits per heavy atom. The third-order valence-electron chi connectivity index (χ3n) is 7.96. The molecule has 3 atom stereocenters. The molecule has 0 bridgehead atoms. The predicted octanol–water partition coefficient (Wildman–Crippen LogP) is 3.69. The van der Waals surface area contributed by atoms with Gasteiger partial charge in [-0.1, -0.05) is 43.3 Å². The summed E-state index contributed by atoms with van der Waals surface area (Å²) in [5.74, 6) is -0.0629. The van der Waals surface area contributed by atoms with Gasteiger partial charge in [0.25, 0.3) is 10.0 Å². The first-order valence-electron chi connectivity index (χ1n) is 14.7. The highest BCUT2D eigenvalue weighted by atomic mass is 32.2. The molecule has 0 fully saturated rings. The van der Waals surface area contributed by atoms with Crippen molar-refractivity contribution in [2.45, 2.75) is 37.4 Å².